The molecule has 0 bridgehead atoms. The highest BCUT2D eigenvalue weighted by Gasteiger charge is 2.65. The molecule has 2 nitrogen and oxygen atoms in total. The van der Waals surface area contributed by atoms with Gasteiger partial charge in [0.15, 0.2) is 0 Å². The normalized spacial score (nSPS) is 20.5. The number of fused-ring (bicyclic) bond motifs is 19. The molecule has 0 fully saturated rings. The highest BCUT2D eigenvalue weighted by atomic mass is 19.4. The summed E-state index contributed by atoms with van der Waals surface area (Å²) in [5.74, 6) is 0.417. The first-order valence-electron chi connectivity index (χ1n) is 42.3. The number of hydrogen-bond acceptors (Lipinski definition) is 2. The van der Waals surface area contributed by atoms with Gasteiger partial charge in [0.2, 0.25) is 0 Å². The van der Waals surface area contributed by atoms with Crippen LogP contribution < -0.4 is 4.74 Å². The average Bonchev–Trinajstić information content (AvgIpc) is 1.70. The quantitative estimate of drug-likeness (QED) is 0.134. The predicted octanol–water partition coefficient (Wildman–Crippen LogP) is 32.8. The molecule has 20 heteroatoms. The predicted molar refractivity (Wildman–Crippen MR) is 474 cm³/mol. The second-order valence-corrected chi connectivity index (χ2v) is 36.2. The minimum Gasteiger partial charge on any atom is -0.457 e. The molecule has 0 radical (unpaired) electrons. The number of benzene rings is 15. The Bertz CT molecular complexity index is 7270. The van der Waals surface area contributed by atoms with Crippen molar-refractivity contribution in [1.82, 2.24) is 4.98 Å². The maximum atomic E-state index is 16.7. The van der Waals surface area contributed by atoms with Gasteiger partial charge in [-0.05, 0) is 356 Å². The van der Waals surface area contributed by atoms with Crippen molar-refractivity contribution in [3.63, 3.8) is 0 Å². The highest BCUT2D eigenvalue weighted by molar-refractivity contribution is 5.97. The van der Waals surface area contributed by atoms with Crippen LogP contribution in [0, 0.1) is 0 Å². The number of alkyl halides is 18. The molecule has 0 amide bonds. The molecule has 0 spiro atoms. The molecular weight excluding hydrogens is 1710 g/mol. The van der Waals surface area contributed by atoms with Gasteiger partial charge in [-0.3, -0.25) is 4.98 Å². The molecule has 15 aromatic carbocycles. The van der Waals surface area contributed by atoms with E-state index in [-0.39, 0.29) is 184 Å². The Kier molecular flexibility index (Phi) is 17.4. The van der Waals surface area contributed by atoms with Gasteiger partial charge >= 0.3 is 37.1 Å². The largest absolute Gasteiger partial charge is 0.457 e. The fourth-order valence-electron chi connectivity index (χ4n) is 21.9. The molecule has 0 aliphatic heterocycles. The van der Waals surface area contributed by atoms with E-state index in [1.54, 1.807) is 158 Å². The van der Waals surface area contributed by atoms with Crippen molar-refractivity contribution < 1.29 is 83.8 Å². The maximum absolute atomic E-state index is 16.7. The molecule has 1 heterocycles. The summed E-state index contributed by atoms with van der Waals surface area (Å²) in [6, 6.07) is 78.3. The summed E-state index contributed by atoms with van der Waals surface area (Å²) in [6.07, 6.45) is -27.9. The van der Waals surface area contributed by atoms with Crippen LogP contribution in [-0.2, 0) is 32.5 Å². The van der Waals surface area contributed by atoms with Crippen molar-refractivity contribution in [2.45, 2.75) is 111 Å². The van der Waals surface area contributed by atoms with Crippen molar-refractivity contribution in [3.05, 3.63) is 376 Å². The molecule has 6 unspecified atom stereocenters. The molecule has 1 aromatic heterocycles. The van der Waals surface area contributed by atoms with E-state index < -0.39 is 69.5 Å². The molecule has 16 aromatic rings. The first kappa shape index (κ1) is 82.9. The SMILES string of the molecule is CC1(C(F)(F)F)c2ccccc2-c2ccc(-c3ccc4c(c3)C(C)(C(F)(F)F)c3cc(-c5ccc6c(c5)C(C)(C(F)(F)F)c5cc(-c7cc(Oc8ccc(-c9nccc%10ccccc9%10)cc8)cc(-c8ccc9c(c8)C(C)(C(F)(F)F)c8cc(-c%10ccc%11c(c%10)C(C)(C(F)(F)F)c%10cc(-c%12ccc%13c(c%12)C(C)(C(F)(F)F)c%12ccccc%12-%13)ccc%10-%11)ccc8-9)c7)ccc5-6)ccc3-4)cc21. The van der Waals surface area contributed by atoms with Gasteiger partial charge in [0.05, 0.1) is 5.69 Å². The summed E-state index contributed by atoms with van der Waals surface area (Å²) >= 11 is 0. The van der Waals surface area contributed by atoms with Crippen LogP contribution in [-0.4, -0.2) is 42.0 Å². The minimum absolute atomic E-state index is 0.0475. The van der Waals surface area contributed by atoms with E-state index in [2.05, 4.69) is 4.98 Å². The summed E-state index contributed by atoms with van der Waals surface area (Å²) in [5, 5.41) is 1.82. The van der Waals surface area contributed by atoms with Gasteiger partial charge in [0.25, 0.3) is 0 Å². The van der Waals surface area contributed by atoms with Crippen LogP contribution in [0.3, 0.4) is 0 Å². The number of ether oxygens (including phenoxy) is 1. The van der Waals surface area contributed by atoms with Gasteiger partial charge in [-0.15, -0.1) is 0 Å². The molecule has 131 heavy (non-hydrogen) atoms. The first-order valence-corrected chi connectivity index (χ1v) is 42.3. The first-order chi connectivity index (χ1) is 62.0. The van der Waals surface area contributed by atoms with Gasteiger partial charge in [0, 0.05) is 17.1 Å². The Morgan fingerprint density at radius 3 is 0.664 bits per heavy atom. The van der Waals surface area contributed by atoms with Gasteiger partial charge in [-0.25, -0.2) is 0 Å². The van der Waals surface area contributed by atoms with Crippen LogP contribution in [0.5, 0.6) is 11.5 Å². The molecular formula is C111H69F18NO. The topological polar surface area (TPSA) is 22.1 Å². The average molecular weight is 1770 g/mol. The number of nitrogens with zero attached hydrogens (tertiary/aromatic N) is 1. The van der Waals surface area contributed by atoms with Crippen molar-refractivity contribution in [3.8, 4) is 156 Å². The zero-order valence-corrected chi connectivity index (χ0v) is 70.1. The van der Waals surface area contributed by atoms with Crippen LogP contribution in [0.2, 0.25) is 0 Å². The Labute approximate surface area is 739 Å². The number of halogens is 18. The summed E-state index contributed by atoms with van der Waals surface area (Å²) in [4.78, 5) is 4.67. The van der Waals surface area contributed by atoms with E-state index in [9.17, 15) is 0 Å². The van der Waals surface area contributed by atoms with Crippen LogP contribution >= 0.6 is 0 Å². The lowest BCUT2D eigenvalue weighted by Crippen LogP contribution is -2.39. The Morgan fingerprint density at radius 1 is 0.191 bits per heavy atom. The van der Waals surface area contributed by atoms with Crippen molar-refractivity contribution in [2.24, 2.45) is 0 Å². The van der Waals surface area contributed by atoms with Crippen molar-refractivity contribution in [1.29, 1.82) is 0 Å². The van der Waals surface area contributed by atoms with Crippen LogP contribution in [0.15, 0.2) is 310 Å². The third-order valence-corrected chi connectivity index (χ3v) is 29.6. The van der Waals surface area contributed by atoms with Crippen LogP contribution in [0.1, 0.15) is 108 Å². The molecule has 22 rings (SSSR count). The number of aromatic nitrogens is 1. The molecule has 6 aliphatic carbocycles. The van der Waals surface area contributed by atoms with Gasteiger partial charge in [0.1, 0.15) is 44.0 Å². The molecule has 6 atom stereocenters. The van der Waals surface area contributed by atoms with Gasteiger partial charge in [-0.1, -0.05) is 194 Å². The minimum atomic E-state index is -5.05. The molecule has 6 aliphatic rings. The van der Waals surface area contributed by atoms with E-state index in [0.29, 0.717) is 33.7 Å². The Hall–Kier alpha value is -13.8. The van der Waals surface area contributed by atoms with Crippen LogP contribution in [0.25, 0.3) is 156 Å². The fourth-order valence-corrected chi connectivity index (χ4v) is 21.9. The summed E-state index contributed by atoms with van der Waals surface area (Å²) < 4.78 is 296. The van der Waals surface area contributed by atoms with Crippen molar-refractivity contribution in [2.75, 3.05) is 0 Å². The molecule has 0 saturated carbocycles. The van der Waals surface area contributed by atoms with Gasteiger partial charge < -0.3 is 4.74 Å². The van der Waals surface area contributed by atoms with E-state index in [1.165, 1.54) is 121 Å². The smallest absolute Gasteiger partial charge is 0.402 e. The van der Waals surface area contributed by atoms with E-state index in [0.717, 1.165) is 57.9 Å². The standard InChI is InChI=1S/C111H69F18NO/c1-100(106(112,113)114)87-17-11-9-15-75(87)77-33-21-60(48-89(77)100)62-23-35-79-81-37-25-64(52-93(81)102(3,91(79)50-62)108(118,119)120)66-27-39-83-85-41-29-68(56-97(85)104(5,95(83)54-66)110(124,125)126)70-45-71(47-73(46-70)131-72-31-19-59(20-32-72)99-74-14-8-7-13-58(74)43-44-130-99)69-30-42-86-84-40-28-67(55-96(84)105(6,98(86)57-69)111(127,128)129)65-26-38-82-80-36-24-63(51-92(80)103(4,94(82)53-65)109(121,122)123)61-22-34-78-76-16-10-12-18-88(76)101(2,90(78)49-61)107(115,116)117/h7-57H,1-6H3. The number of hydrogen-bond donors (Lipinski definition) is 0. The van der Waals surface area contributed by atoms with E-state index >= 15 is 79.0 Å². The monoisotopic (exact) mass is 1770 g/mol. The second kappa shape index (κ2) is 27.4. The summed E-state index contributed by atoms with van der Waals surface area (Å²) in [7, 11) is 0. The lowest BCUT2D eigenvalue weighted by molar-refractivity contribution is -0.172. The van der Waals surface area contributed by atoms with E-state index in [4.69, 9.17) is 4.74 Å². The second-order valence-electron chi connectivity index (χ2n) is 36.2. The fraction of sp³-hybridized carbons (Fsp3) is 0.162. The van der Waals surface area contributed by atoms with Crippen LogP contribution in [0.4, 0.5) is 79.0 Å². The third kappa shape index (κ3) is 11.5. The molecule has 0 saturated heterocycles. The lowest BCUT2D eigenvalue weighted by atomic mass is 9.76. The third-order valence-electron chi connectivity index (χ3n) is 29.6. The Balaban J connectivity index is 0.607. The summed E-state index contributed by atoms with van der Waals surface area (Å²) in [5.41, 5.74) is -10.3. The zero-order valence-electron chi connectivity index (χ0n) is 70.1. The van der Waals surface area contributed by atoms with E-state index in [1.807, 2.05) is 30.3 Å². The summed E-state index contributed by atoms with van der Waals surface area (Å²) in [6.45, 7) is 6.28. The van der Waals surface area contributed by atoms with Crippen molar-refractivity contribution >= 4 is 10.8 Å². The zero-order chi connectivity index (χ0) is 91.7. The Morgan fingerprint density at radius 2 is 0.405 bits per heavy atom. The number of rotatable bonds is 9. The lowest BCUT2D eigenvalue weighted by Gasteiger charge is -2.31. The van der Waals surface area contributed by atoms with Gasteiger partial charge in [-0.2, -0.15) is 79.0 Å². The highest BCUT2D eigenvalue weighted by Crippen LogP contribution is 2.66. The number of pyridine rings is 1. The molecule has 650 valence electrons. The molecule has 0 N–H and O–H groups in total. The maximum Gasteiger partial charge on any atom is 0.402 e.